The number of carbonyl (C=O) groups excluding carboxylic acids is 3. The number of nitrogens with one attached hydrogen (secondary N) is 2. The Kier molecular flexibility index (Phi) is 8.51. The highest BCUT2D eigenvalue weighted by atomic mass is 35.5. The third-order valence-corrected chi connectivity index (χ3v) is 4.98. The largest absolute Gasteiger partial charge is 0.552 e. The Morgan fingerprint density at radius 2 is 1.97 bits per heavy atom. The second-order valence-electron chi connectivity index (χ2n) is 7.12. The van der Waals surface area contributed by atoms with Crippen LogP contribution in [0.25, 0.3) is 0 Å². The Hall–Kier alpha value is -2.30. The lowest BCUT2D eigenvalue weighted by atomic mass is 9.74. The van der Waals surface area contributed by atoms with Gasteiger partial charge >= 0.3 is 19.1 Å². The highest BCUT2D eigenvalue weighted by molar-refractivity contribution is 6.51. The van der Waals surface area contributed by atoms with E-state index in [1.54, 1.807) is 6.07 Å². The monoisotopic (exact) mass is 458 g/mol. The molecule has 1 fully saturated rings. The van der Waals surface area contributed by atoms with Crippen molar-refractivity contribution in [1.29, 1.82) is 0 Å². The van der Waals surface area contributed by atoms with Crippen LogP contribution < -0.4 is 10.6 Å². The van der Waals surface area contributed by atoms with E-state index in [0.29, 0.717) is 6.42 Å². The Morgan fingerprint density at radius 3 is 2.60 bits per heavy atom. The number of aliphatic carboxylic acids is 1. The third kappa shape index (κ3) is 6.61. The number of rotatable bonds is 9. The van der Waals surface area contributed by atoms with E-state index in [0.717, 1.165) is 0 Å². The molecule has 2 amide bonds. The van der Waals surface area contributed by atoms with E-state index in [4.69, 9.17) is 37.6 Å². The summed E-state index contributed by atoms with van der Waals surface area (Å²) in [4.78, 5) is 47.2. The van der Waals surface area contributed by atoms with Crippen LogP contribution in [0.5, 0.6) is 0 Å². The molecular formula is C18H21BCl2N2O7. The minimum absolute atomic E-state index is 0.0745. The zero-order chi connectivity index (χ0) is 22.4. The molecule has 1 aromatic rings. The van der Waals surface area contributed by atoms with Crippen LogP contribution in [0.2, 0.25) is 10.0 Å². The molecule has 0 aliphatic carbocycles. The number of halogens is 2. The lowest BCUT2D eigenvalue weighted by Crippen LogP contribution is -2.50. The lowest BCUT2D eigenvalue weighted by molar-refractivity contribution is -0.145. The summed E-state index contributed by atoms with van der Waals surface area (Å²) in [6, 6.07) is 4.56. The smallest absolute Gasteiger partial charge is 0.506 e. The molecule has 0 spiro atoms. The van der Waals surface area contributed by atoms with Gasteiger partial charge in [0.2, 0.25) is 5.91 Å². The molecule has 0 unspecified atom stereocenters. The molecule has 2 rings (SSSR count). The summed E-state index contributed by atoms with van der Waals surface area (Å²) in [7, 11) is -1.12. The van der Waals surface area contributed by atoms with Gasteiger partial charge < -0.3 is 25.0 Å². The number of carboxylic acids is 1. The molecule has 3 N–H and O–H groups in total. The van der Waals surface area contributed by atoms with Crippen molar-refractivity contribution in [3.05, 3.63) is 33.8 Å². The molecule has 1 aromatic carbocycles. The Bertz CT molecular complexity index is 837. The summed E-state index contributed by atoms with van der Waals surface area (Å²) in [5, 5.41) is 14.2. The van der Waals surface area contributed by atoms with Gasteiger partial charge in [0.15, 0.2) is 6.10 Å². The van der Waals surface area contributed by atoms with Crippen LogP contribution >= 0.6 is 23.2 Å². The van der Waals surface area contributed by atoms with Crippen LogP contribution in [-0.2, 0) is 23.7 Å². The summed E-state index contributed by atoms with van der Waals surface area (Å²) in [5.41, 5.74) is 0.125. The van der Waals surface area contributed by atoms with Gasteiger partial charge in [-0.2, -0.15) is 0 Å². The third-order valence-electron chi connectivity index (χ3n) is 4.16. The van der Waals surface area contributed by atoms with Crippen LogP contribution in [0.4, 0.5) is 0 Å². The van der Waals surface area contributed by atoms with E-state index in [1.807, 2.05) is 13.8 Å². The fourth-order valence-corrected chi connectivity index (χ4v) is 3.23. The summed E-state index contributed by atoms with van der Waals surface area (Å²) in [6.07, 6.45) is -1.37. The van der Waals surface area contributed by atoms with Crippen molar-refractivity contribution >= 4 is 54.1 Å². The standard InChI is InChI=1S/C18H21BCl2N2O7/c1-9(2)6-13(19-29-12(7-15(25)26)18(28)30-19)23-14(24)8-22-17(27)10-4-3-5-11(20)16(10)21/h3-5,9,12-13H,6-8H2,1-2H3,(H,22,27)(H,23,24)(H,25,26)/t12-,13-/m0/s1. The lowest BCUT2D eigenvalue weighted by Gasteiger charge is -2.21. The first-order valence-electron chi connectivity index (χ1n) is 9.17. The molecule has 1 aliphatic rings. The van der Waals surface area contributed by atoms with Crippen LogP contribution in [0.3, 0.4) is 0 Å². The average Bonchev–Trinajstić information content (AvgIpc) is 3.01. The summed E-state index contributed by atoms with van der Waals surface area (Å²) >= 11 is 11.9. The predicted molar refractivity (Wildman–Crippen MR) is 109 cm³/mol. The van der Waals surface area contributed by atoms with Crippen LogP contribution in [0, 0.1) is 5.92 Å². The molecule has 0 radical (unpaired) electrons. The number of carbonyl (C=O) groups is 4. The van der Waals surface area contributed by atoms with E-state index < -0.39 is 49.3 Å². The second kappa shape index (κ2) is 10.6. The molecule has 0 aromatic heterocycles. The van der Waals surface area contributed by atoms with Crippen molar-refractivity contribution in [3.8, 4) is 0 Å². The van der Waals surface area contributed by atoms with Gasteiger partial charge in [0.25, 0.3) is 5.91 Å². The van der Waals surface area contributed by atoms with Crippen LogP contribution in [0.1, 0.15) is 37.0 Å². The van der Waals surface area contributed by atoms with Crippen molar-refractivity contribution in [2.75, 3.05) is 6.54 Å². The van der Waals surface area contributed by atoms with Gasteiger partial charge in [-0.3, -0.25) is 19.2 Å². The van der Waals surface area contributed by atoms with E-state index in [1.165, 1.54) is 12.1 Å². The predicted octanol–water partition coefficient (Wildman–Crippen LogP) is 1.70. The van der Waals surface area contributed by atoms with E-state index in [9.17, 15) is 19.2 Å². The van der Waals surface area contributed by atoms with E-state index in [-0.39, 0.29) is 28.1 Å². The van der Waals surface area contributed by atoms with Crippen molar-refractivity contribution in [3.63, 3.8) is 0 Å². The van der Waals surface area contributed by atoms with Gasteiger partial charge in [-0.1, -0.05) is 43.1 Å². The first-order chi connectivity index (χ1) is 14.1. The molecule has 0 saturated carbocycles. The minimum atomic E-state index is -1.23. The molecule has 2 atom stereocenters. The molecule has 1 heterocycles. The van der Waals surface area contributed by atoms with Crippen molar-refractivity contribution in [2.24, 2.45) is 5.92 Å². The SMILES string of the molecule is CC(C)C[C@H](NC(=O)CNC(=O)c1cccc(Cl)c1Cl)B1OC(=O)[C@H](CC(=O)O)O1. The first kappa shape index (κ1) is 24.0. The van der Waals surface area contributed by atoms with Gasteiger partial charge in [0, 0.05) is 0 Å². The van der Waals surface area contributed by atoms with Crippen molar-refractivity contribution in [1.82, 2.24) is 10.6 Å². The Balaban J connectivity index is 1.97. The summed E-state index contributed by atoms with van der Waals surface area (Å²) in [6.45, 7) is 3.43. The highest BCUT2D eigenvalue weighted by Gasteiger charge is 2.46. The van der Waals surface area contributed by atoms with Gasteiger partial charge in [0.05, 0.1) is 34.5 Å². The average molecular weight is 459 g/mol. The van der Waals surface area contributed by atoms with Crippen molar-refractivity contribution in [2.45, 2.75) is 38.7 Å². The topological polar surface area (TPSA) is 131 Å². The maximum atomic E-state index is 12.3. The Labute approximate surface area is 183 Å². The van der Waals surface area contributed by atoms with Crippen LogP contribution in [0.15, 0.2) is 18.2 Å². The van der Waals surface area contributed by atoms with Crippen LogP contribution in [-0.4, -0.2) is 54.6 Å². The maximum Gasteiger partial charge on any atom is 0.552 e. The zero-order valence-electron chi connectivity index (χ0n) is 16.3. The molecule has 12 heteroatoms. The molecule has 162 valence electrons. The van der Waals surface area contributed by atoms with Crippen molar-refractivity contribution < 1.29 is 33.6 Å². The summed E-state index contributed by atoms with van der Waals surface area (Å²) in [5.74, 6) is -3.74. The number of carboxylic acid groups (broad SMARTS) is 1. The summed E-state index contributed by atoms with van der Waals surface area (Å²) < 4.78 is 10.5. The van der Waals surface area contributed by atoms with E-state index in [2.05, 4.69) is 10.6 Å². The van der Waals surface area contributed by atoms with Gasteiger partial charge in [-0.15, -0.1) is 0 Å². The molecule has 0 bridgehead atoms. The maximum absolute atomic E-state index is 12.3. The highest BCUT2D eigenvalue weighted by Crippen LogP contribution is 2.25. The second-order valence-corrected chi connectivity index (χ2v) is 7.90. The number of amides is 2. The van der Waals surface area contributed by atoms with Gasteiger partial charge in [-0.05, 0) is 24.5 Å². The number of benzene rings is 1. The fraction of sp³-hybridized carbons (Fsp3) is 0.444. The van der Waals surface area contributed by atoms with E-state index >= 15 is 0 Å². The first-order valence-corrected chi connectivity index (χ1v) is 9.93. The molecular weight excluding hydrogens is 438 g/mol. The van der Waals surface area contributed by atoms with Gasteiger partial charge in [-0.25, -0.2) is 0 Å². The molecule has 1 saturated heterocycles. The quantitative estimate of drug-likeness (QED) is 0.480. The zero-order valence-corrected chi connectivity index (χ0v) is 17.8. The minimum Gasteiger partial charge on any atom is -0.506 e. The number of hydrogen-bond donors (Lipinski definition) is 3. The van der Waals surface area contributed by atoms with Gasteiger partial charge in [0.1, 0.15) is 0 Å². The normalized spacial score (nSPS) is 16.9. The molecule has 1 aliphatic heterocycles. The fourth-order valence-electron chi connectivity index (χ4n) is 2.84. The molecule has 30 heavy (non-hydrogen) atoms. The number of hydrogen-bond acceptors (Lipinski definition) is 6. The molecule has 9 nitrogen and oxygen atoms in total. The Morgan fingerprint density at radius 1 is 1.27 bits per heavy atom.